The number of benzene rings is 1. The molecule has 0 aliphatic heterocycles. The van der Waals surface area contributed by atoms with Crippen molar-refractivity contribution in [1.29, 1.82) is 0 Å². The number of hydrogen-bond donors (Lipinski definition) is 1. The zero-order valence-electron chi connectivity index (χ0n) is 17.6. The number of aromatic nitrogens is 2. The van der Waals surface area contributed by atoms with Gasteiger partial charge in [0.1, 0.15) is 5.82 Å². The summed E-state index contributed by atoms with van der Waals surface area (Å²) in [6, 6.07) is 6.13. The van der Waals surface area contributed by atoms with Gasteiger partial charge in [-0.1, -0.05) is 19.8 Å². The molecule has 1 saturated carbocycles. The molecule has 1 aromatic carbocycles. The lowest BCUT2D eigenvalue weighted by atomic mass is 9.75. The van der Waals surface area contributed by atoms with Crippen LogP contribution in [0.15, 0.2) is 24.3 Å². The van der Waals surface area contributed by atoms with Crippen molar-refractivity contribution in [3.8, 4) is 5.69 Å². The predicted octanol–water partition coefficient (Wildman–Crippen LogP) is 3.87. The maximum atomic E-state index is 13.2. The Morgan fingerprint density at radius 3 is 2.61 bits per heavy atom. The maximum Gasteiger partial charge on any atom is 0.255 e. The van der Waals surface area contributed by atoms with Crippen LogP contribution in [0.3, 0.4) is 0 Å². The van der Waals surface area contributed by atoms with E-state index in [9.17, 15) is 9.18 Å². The summed E-state index contributed by atoms with van der Waals surface area (Å²) < 4.78 is 14.9. The van der Waals surface area contributed by atoms with E-state index in [0.29, 0.717) is 23.7 Å². The molecule has 1 N–H and O–H groups in total. The number of rotatable bonds is 5. The summed E-state index contributed by atoms with van der Waals surface area (Å²) in [7, 11) is 4.21. The molecule has 1 amide bonds. The van der Waals surface area contributed by atoms with Crippen LogP contribution in [-0.4, -0.2) is 46.8 Å². The molecule has 0 unspecified atom stereocenters. The van der Waals surface area contributed by atoms with E-state index in [1.807, 2.05) is 13.8 Å². The Bertz CT molecular complexity index is 843. The fourth-order valence-electron chi connectivity index (χ4n) is 4.50. The molecule has 1 fully saturated rings. The number of hydrogen-bond acceptors (Lipinski definition) is 3. The van der Waals surface area contributed by atoms with Crippen molar-refractivity contribution < 1.29 is 9.18 Å². The molecular formula is C22H31FN4O. The van der Waals surface area contributed by atoms with Crippen LogP contribution in [0, 0.1) is 25.6 Å². The molecule has 0 spiro atoms. The van der Waals surface area contributed by atoms with E-state index >= 15 is 0 Å². The average Bonchev–Trinajstić information content (AvgIpc) is 2.94. The van der Waals surface area contributed by atoms with Crippen LogP contribution < -0.4 is 5.32 Å². The molecule has 0 radical (unpaired) electrons. The first-order valence-electron chi connectivity index (χ1n) is 10.0. The first-order valence-corrected chi connectivity index (χ1v) is 10.0. The van der Waals surface area contributed by atoms with Crippen molar-refractivity contribution in [2.24, 2.45) is 5.92 Å². The van der Waals surface area contributed by atoms with E-state index < -0.39 is 0 Å². The highest BCUT2D eigenvalue weighted by Crippen LogP contribution is 2.35. The second-order valence-electron chi connectivity index (χ2n) is 8.44. The minimum absolute atomic E-state index is 0.00207. The second-order valence-corrected chi connectivity index (χ2v) is 8.44. The zero-order valence-corrected chi connectivity index (χ0v) is 17.6. The van der Waals surface area contributed by atoms with Gasteiger partial charge in [0.2, 0.25) is 0 Å². The molecule has 2 aromatic rings. The number of carbonyl (C=O) groups excluding carboxylic acids is 1. The predicted molar refractivity (Wildman–Crippen MR) is 109 cm³/mol. The Labute approximate surface area is 166 Å². The van der Waals surface area contributed by atoms with Crippen molar-refractivity contribution in [3.63, 3.8) is 0 Å². The van der Waals surface area contributed by atoms with Crippen LogP contribution in [-0.2, 0) is 0 Å². The van der Waals surface area contributed by atoms with Gasteiger partial charge in [-0.15, -0.1) is 0 Å². The Kier molecular flexibility index (Phi) is 5.89. The third-order valence-corrected chi connectivity index (χ3v) is 6.18. The van der Waals surface area contributed by atoms with Gasteiger partial charge in [0.15, 0.2) is 0 Å². The number of nitrogens with one attached hydrogen (secondary N) is 1. The van der Waals surface area contributed by atoms with Crippen LogP contribution in [0.25, 0.3) is 5.69 Å². The van der Waals surface area contributed by atoms with Gasteiger partial charge >= 0.3 is 0 Å². The largest absolute Gasteiger partial charge is 0.350 e. The van der Waals surface area contributed by atoms with Crippen molar-refractivity contribution in [2.45, 2.75) is 52.0 Å². The van der Waals surface area contributed by atoms with Crippen molar-refractivity contribution in [3.05, 3.63) is 47.0 Å². The summed E-state index contributed by atoms with van der Waals surface area (Å²) in [4.78, 5) is 15.3. The SMILES string of the molecule is Cc1nn(-c2ccc(F)cc2)c(C)c1C(=O)NC[C@@]1(N(C)C)CCC[C@H](C)C1. The number of aryl methyl sites for hydroxylation is 1. The number of carbonyl (C=O) groups is 1. The molecule has 1 aromatic heterocycles. The van der Waals surface area contributed by atoms with Crippen LogP contribution in [0.4, 0.5) is 4.39 Å². The molecule has 1 heterocycles. The second kappa shape index (κ2) is 8.03. The van der Waals surface area contributed by atoms with Crippen molar-refractivity contribution in [2.75, 3.05) is 20.6 Å². The Hall–Kier alpha value is -2.21. The zero-order chi connectivity index (χ0) is 20.5. The van der Waals surface area contributed by atoms with E-state index in [4.69, 9.17) is 0 Å². The molecule has 5 nitrogen and oxygen atoms in total. The highest BCUT2D eigenvalue weighted by atomic mass is 19.1. The quantitative estimate of drug-likeness (QED) is 0.849. The summed E-state index contributed by atoms with van der Waals surface area (Å²) >= 11 is 0. The summed E-state index contributed by atoms with van der Waals surface area (Å²) in [6.07, 6.45) is 4.63. The third-order valence-electron chi connectivity index (χ3n) is 6.18. The third kappa shape index (κ3) is 3.97. The fraction of sp³-hybridized carbons (Fsp3) is 0.545. The van der Waals surface area contributed by atoms with E-state index in [1.165, 1.54) is 25.0 Å². The first-order chi connectivity index (χ1) is 13.2. The molecule has 1 aliphatic carbocycles. The standard InChI is InChI=1S/C22H31FN4O/c1-15-7-6-12-22(13-15,26(4)5)14-24-21(28)20-16(2)25-27(17(20)3)19-10-8-18(23)9-11-19/h8-11,15H,6-7,12-14H2,1-5H3,(H,24,28)/t15-,22+/m0/s1. The monoisotopic (exact) mass is 386 g/mol. The van der Waals surface area contributed by atoms with Crippen molar-refractivity contribution >= 4 is 5.91 Å². The lowest BCUT2D eigenvalue weighted by Gasteiger charge is -2.45. The van der Waals surface area contributed by atoms with Gasteiger partial charge in [-0.05, 0) is 71.0 Å². The molecule has 152 valence electrons. The van der Waals surface area contributed by atoms with E-state index in [-0.39, 0.29) is 17.3 Å². The smallest absolute Gasteiger partial charge is 0.255 e. The van der Waals surface area contributed by atoms with Crippen LogP contribution >= 0.6 is 0 Å². The Morgan fingerprint density at radius 1 is 1.32 bits per heavy atom. The molecular weight excluding hydrogens is 355 g/mol. The number of halogens is 1. The van der Waals surface area contributed by atoms with Gasteiger partial charge in [0.05, 0.1) is 22.6 Å². The maximum absolute atomic E-state index is 13.2. The number of likely N-dealkylation sites (N-methyl/N-ethyl adjacent to an activating group) is 1. The highest BCUT2D eigenvalue weighted by molar-refractivity contribution is 5.96. The number of amides is 1. The molecule has 6 heteroatoms. The topological polar surface area (TPSA) is 50.2 Å². The highest BCUT2D eigenvalue weighted by Gasteiger charge is 2.37. The summed E-state index contributed by atoms with van der Waals surface area (Å²) in [6.45, 7) is 6.64. The van der Waals surface area contributed by atoms with Gasteiger partial charge < -0.3 is 10.2 Å². The van der Waals surface area contributed by atoms with E-state index in [1.54, 1.807) is 16.8 Å². The van der Waals surface area contributed by atoms with Gasteiger partial charge in [0, 0.05) is 12.1 Å². The summed E-state index contributed by atoms with van der Waals surface area (Å²) in [5, 5.41) is 7.69. The van der Waals surface area contributed by atoms with Gasteiger partial charge in [0.25, 0.3) is 5.91 Å². The first kappa shape index (κ1) is 20.5. The van der Waals surface area contributed by atoms with Crippen LogP contribution in [0.2, 0.25) is 0 Å². The molecule has 1 aliphatic rings. The van der Waals surface area contributed by atoms with E-state index in [2.05, 4.69) is 36.3 Å². The lowest BCUT2D eigenvalue weighted by molar-refractivity contribution is 0.0674. The molecule has 28 heavy (non-hydrogen) atoms. The molecule has 3 rings (SSSR count). The minimum atomic E-state index is -0.293. The normalized spacial score (nSPS) is 22.5. The Morgan fingerprint density at radius 2 is 2.00 bits per heavy atom. The summed E-state index contributed by atoms with van der Waals surface area (Å²) in [5.74, 6) is 0.277. The Balaban J connectivity index is 1.80. The van der Waals surface area contributed by atoms with Crippen molar-refractivity contribution in [1.82, 2.24) is 20.0 Å². The van der Waals surface area contributed by atoms with Gasteiger partial charge in [-0.2, -0.15) is 5.10 Å². The van der Waals surface area contributed by atoms with Crippen LogP contribution in [0.1, 0.15) is 54.4 Å². The van der Waals surface area contributed by atoms with E-state index in [0.717, 1.165) is 24.2 Å². The summed E-state index contributed by atoms with van der Waals surface area (Å²) in [5.41, 5.74) is 2.78. The van der Waals surface area contributed by atoms with Crippen LogP contribution in [0.5, 0.6) is 0 Å². The number of nitrogens with zero attached hydrogens (tertiary/aromatic N) is 3. The fourth-order valence-corrected chi connectivity index (χ4v) is 4.50. The van der Waals surface area contributed by atoms with Gasteiger partial charge in [-0.25, -0.2) is 9.07 Å². The lowest BCUT2D eigenvalue weighted by Crippen LogP contribution is -2.55. The average molecular weight is 387 g/mol. The minimum Gasteiger partial charge on any atom is -0.350 e. The van der Waals surface area contributed by atoms with Gasteiger partial charge in [-0.3, -0.25) is 4.79 Å². The molecule has 2 atom stereocenters. The molecule has 0 bridgehead atoms. The molecule has 0 saturated heterocycles.